The van der Waals surface area contributed by atoms with Gasteiger partial charge in [0, 0.05) is 34.9 Å². The van der Waals surface area contributed by atoms with E-state index in [4.69, 9.17) is 14.2 Å². The molecule has 2 aliphatic heterocycles. The lowest BCUT2D eigenvalue weighted by Gasteiger charge is -2.39. The van der Waals surface area contributed by atoms with Crippen molar-refractivity contribution in [2.45, 2.75) is 39.5 Å². The number of methoxy groups -OCH3 is 1. The van der Waals surface area contributed by atoms with Gasteiger partial charge in [0.15, 0.2) is 17.3 Å². The lowest BCUT2D eigenvalue weighted by atomic mass is 9.68. The van der Waals surface area contributed by atoms with E-state index in [9.17, 15) is 9.59 Å². The number of ether oxygens (including phenoxy) is 3. The fourth-order valence-corrected chi connectivity index (χ4v) is 5.10. The summed E-state index contributed by atoms with van der Waals surface area (Å²) in [5.41, 5.74) is 3.98. The Bertz CT molecular complexity index is 1260. The SMILES string of the molecule is COc1ccccc1NC(=O)C1=C(C)NC2=C(C(=O)CC(C)(C)C2)C1c1ccc2c(c1)OCO2. The average molecular weight is 461 g/mol. The van der Waals surface area contributed by atoms with Gasteiger partial charge in [0.1, 0.15) is 5.75 Å². The molecule has 1 aliphatic carbocycles. The molecular formula is C27H28N2O5. The van der Waals surface area contributed by atoms with Crippen LogP contribution < -0.4 is 24.8 Å². The van der Waals surface area contributed by atoms with E-state index in [2.05, 4.69) is 24.5 Å². The van der Waals surface area contributed by atoms with E-state index >= 15 is 0 Å². The van der Waals surface area contributed by atoms with Gasteiger partial charge in [0.2, 0.25) is 6.79 Å². The predicted molar refractivity (Wildman–Crippen MR) is 128 cm³/mol. The summed E-state index contributed by atoms with van der Waals surface area (Å²) in [6.07, 6.45) is 1.16. The van der Waals surface area contributed by atoms with Crippen molar-refractivity contribution in [2.75, 3.05) is 19.2 Å². The van der Waals surface area contributed by atoms with Gasteiger partial charge < -0.3 is 24.8 Å². The number of nitrogens with one attached hydrogen (secondary N) is 2. The van der Waals surface area contributed by atoms with E-state index in [1.54, 1.807) is 19.2 Å². The third kappa shape index (κ3) is 3.81. The summed E-state index contributed by atoms with van der Waals surface area (Å²) in [7, 11) is 1.56. The molecule has 0 saturated heterocycles. The lowest BCUT2D eigenvalue weighted by Crippen LogP contribution is -2.39. The van der Waals surface area contributed by atoms with Crippen molar-refractivity contribution in [2.24, 2.45) is 5.41 Å². The van der Waals surface area contributed by atoms with Crippen LogP contribution in [0.25, 0.3) is 0 Å². The van der Waals surface area contributed by atoms with Gasteiger partial charge in [-0.05, 0) is 48.6 Å². The molecule has 2 N–H and O–H groups in total. The number of allylic oxidation sites excluding steroid dienone is 3. The Kier molecular flexibility index (Phi) is 5.35. The highest BCUT2D eigenvalue weighted by Crippen LogP contribution is 2.48. The predicted octanol–water partition coefficient (Wildman–Crippen LogP) is 4.67. The van der Waals surface area contributed by atoms with Crippen molar-refractivity contribution in [3.8, 4) is 17.2 Å². The number of para-hydroxylation sites is 2. The molecule has 0 spiro atoms. The Labute approximate surface area is 198 Å². The molecule has 2 aromatic rings. The molecule has 3 aliphatic rings. The molecule has 1 unspecified atom stereocenters. The minimum Gasteiger partial charge on any atom is -0.495 e. The van der Waals surface area contributed by atoms with Crippen molar-refractivity contribution in [3.63, 3.8) is 0 Å². The summed E-state index contributed by atoms with van der Waals surface area (Å²) in [5, 5.41) is 6.38. The average Bonchev–Trinajstić information content (AvgIpc) is 3.25. The molecule has 5 rings (SSSR count). The van der Waals surface area contributed by atoms with Gasteiger partial charge in [0.25, 0.3) is 5.91 Å². The fourth-order valence-electron chi connectivity index (χ4n) is 5.10. The molecule has 0 bridgehead atoms. The van der Waals surface area contributed by atoms with Crippen molar-refractivity contribution in [3.05, 3.63) is 70.6 Å². The zero-order chi connectivity index (χ0) is 24.0. The first-order valence-electron chi connectivity index (χ1n) is 11.4. The normalized spacial score (nSPS) is 20.6. The molecule has 2 aromatic carbocycles. The third-order valence-electron chi connectivity index (χ3n) is 6.57. The number of carbonyl (C=O) groups is 2. The standard InChI is InChI=1S/C27H28N2O5/c1-15-23(26(31)29-17-7-5-6-8-20(17)32-4)24(16-9-10-21-22(11-16)34-14-33-21)25-18(28-15)12-27(2,3)13-19(25)30/h5-11,24,28H,12-14H2,1-4H3,(H,29,31). The number of fused-ring (bicyclic) bond motifs is 1. The van der Waals surface area contributed by atoms with E-state index in [0.29, 0.717) is 40.5 Å². The summed E-state index contributed by atoms with van der Waals surface area (Å²) in [4.78, 5) is 27.2. The monoisotopic (exact) mass is 460 g/mol. The zero-order valence-corrected chi connectivity index (χ0v) is 19.8. The zero-order valence-electron chi connectivity index (χ0n) is 19.8. The third-order valence-corrected chi connectivity index (χ3v) is 6.57. The maximum absolute atomic E-state index is 13.7. The molecule has 0 fully saturated rings. The van der Waals surface area contributed by atoms with Crippen LogP contribution in [0.3, 0.4) is 0 Å². The Balaban J connectivity index is 1.61. The van der Waals surface area contributed by atoms with Gasteiger partial charge >= 0.3 is 0 Å². The van der Waals surface area contributed by atoms with Crippen LogP contribution in [0.5, 0.6) is 17.2 Å². The Hall–Kier alpha value is -3.74. The highest BCUT2D eigenvalue weighted by Gasteiger charge is 2.43. The van der Waals surface area contributed by atoms with E-state index in [1.165, 1.54) is 0 Å². The molecule has 1 amide bonds. The minimum atomic E-state index is -0.524. The molecule has 7 heteroatoms. The fraction of sp³-hybridized carbons (Fsp3) is 0.333. The number of anilines is 1. The quantitative estimate of drug-likeness (QED) is 0.690. The summed E-state index contributed by atoms with van der Waals surface area (Å²) in [5.74, 6) is 1.07. The summed E-state index contributed by atoms with van der Waals surface area (Å²) in [6, 6.07) is 12.9. The minimum absolute atomic E-state index is 0.0523. The van der Waals surface area contributed by atoms with Crippen LogP contribution in [0.4, 0.5) is 5.69 Å². The molecule has 7 nitrogen and oxygen atoms in total. The van der Waals surface area contributed by atoms with Gasteiger partial charge in [-0.25, -0.2) is 0 Å². The van der Waals surface area contributed by atoms with Gasteiger partial charge in [-0.1, -0.05) is 32.0 Å². The Morgan fingerprint density at radius 2 is 1.88 bits per heavy atom. The maximum atomic E-state index is 13.7. The van der Waals surface area contributed by atoms with Crippen LogP contribution in [0.1, 0.15) is 45.1 Å². The van der Waals surface area contributed by atoms with Crippen LogP contribution in [-0.2, 0) is 9.59 Å². The molecular weight excluding hydrogens is 432 g/mol. The van der Waals surface area contributed by atoms with Gasteiger partial charge in [-0.15, -0.1) is 0 Å². The van der Waals surface area contributed by atoms with Crippen molar-refractivity contribution in [1.29, 1.82) is 0 Å². The first kappa shape index (κ1) is 22.1. The van der Waals surface area contributed by atoms with Gasteiger partial charge in [-0.3, -0.25) is 9.59 Å². The number of Topliss-reactive ketones (excluding diaryl/α,β-unsaturated/α-hetero) is 1. The number of carbonyl (C=O) groups excluding carboxylic acids is 2. The highest BCUT2D eigenvalue weighted by molar-refractivity contribution is 6.10. The van der Waals surface area contributed by atoms with E-state index in [1.807, 2.05) is 37.3 Å². The van der Waals surface area contributed by atoms with Crippen molar-refractivity contribution >= 4 is 17.4 Å². The van der Waals surface area contributed by atoms with Crippen LogP contribution in [-0.4, -0.2) is 25.6 Å². The summed E-state index contributed by atoms with van der Waals surface area (Å²) in [6.45, 7) is 6.22. The second-order valence-electron chi connectivity index (χ2n) is 9.70. The molecule has 34 heavy (non-hydrogen) atoms. The lowest BCUT2D eigenvalue weighted by molar-refractivity contribution is -0.118. The van der Waals surface area contributed by atoms with Crippen molar-refractivity contribution in [1.82, 2.24) is 5.32 Å². The summed E-state index contributed by atoms with van der Waals surface area (Å²) < 4.78 is 16.5. The second-order valence-corrected chi connectivity index (χ2v) is 9.70. The highest BCUT2D eigenvalue weighted by atomic mass is 16.7. The molecule has 0 aromatic heterocycles. The second kappa shape index (κ2) is 8.24. The number of hydrogen-bond acceptors (Lipinski definition) is 6. The Morgan fingerprint density at radius 1 is 1.12 bits per heavy atom. The summed E-state index contributed by atoms with van der Waals surface area (Å²) >= 11 is 0. The van der Waals surface area contributed by atoms with Crippen LogP contribution in [0, 0.1) is 5.41 Å². The van der Waals surface area contributed by atoms with Crippen LogP contribution in [0.15, 0.2) is 65.0 Å². The molecule has 0 saturated carbocycles. The van der Waals surface area contributed by atoms with E-state index < -0.39 is 5.92 Å². The maximum Gasteiger partial charge on any atom is 0.254 e. The van der Waals surface area contributed by atoms with E-state index in [-0.39, 0.29) is 23.9 Å². The number of hydrogen-bond donors (Lipinski definition) is 2. The topological polar surface area (TPSA) is 85.9 Å². The van der Waals surface area contributed by atoms with Crippen LogP contribution >= 0.6 is 0 Å². The molecule has 1 atom stereocenters. The molecule has 0 radical (unpaired) electrons. The first-order valence-corrected chi connectivity index (χ1v) is 11.4. The molecule has 2 heterocycles. The van der Waals surface area contributed by atoms with Crippen molar-refractivity contribution < 1.29 is 23.8 Å². The number of dihydropyridines is 1. The number of amides is 1. The number of benzene rings is 2. The van der Waals surface area contributed by atoms with Gasteiger partial charge in [0.05, 0.1) is 12.8 Å². The van der Waals surface area contributed by atoms with E-state index in [0.717, 1.165) is 23.4 Å². The largest absolute Gasteiger partial charge is 0.495 e. The smallest absolute Gasteiger partial charge is 0.254 e. The van der Waals surface area contributed by atoms with Crippen LogP contribution in [0.2, 0.25) is 0 Å². The Morgan fingerprint density at radius 3 is 2.68 bits per heavy atom. The molecule has 176 valence electrons. The number of rotatable bonds is 4. The van der Waals surface area contributed by atoms with Gasteiger partial charge in [-0.2, -0.15) is 0 Å². The number of ketones is 1. The first-order chi connectivity index (χ1) is 16.3.